The number of fused-ring (bicyclic) bond motifs is 2. The van der Waals surface area contributed by atoms with Gasteiger partial charge in [0.2, 0.25) is 0 Å². The third-order valence-electron chi connectivity index (χ3n) is 5.99. The minimum Gasteiger partial charge on any atom is -0.492 e. The largest absolute Gasteiger partial charge is 0.492 e. The second-order valence-electron chi connectivity index (χ2n) is 8.30. The van der Waals surface area contributed by atoms with E-state index in [0.29, 0.717) is 30.5 Å². The van der Waals surface area contributed by atoms with Crippen LogP contribution in [0, 0.1) is 13.8 Å². The number of rotatable bonds is 4. The molecule has 0 spiro atoms. The summed E-state index contributed by atoms with van der Waals surface area (Å²) in [7, 11) is 0. The van der Waals surface area contributed by atoms with Crippen LogP contribution in [0.15, 0.2) is 54.6 Å². The van der Waals surface area contributed by atoms with Gasteiger partial charge < -0.3 is 19.3 Å². The minimum atomic E-state index is -0.833. The molecule has 3 aromatic carbocycles. The van der Waals surface area contributed by atoms with Gasteiger partial charge in [-0.2, -0.15) is 0 Å². The summed E-state index contributed by atoms with van der Waals surface area (Å²) in [5, 5.41) is 9.12. The van der Waals surface area contributed by atoms with E-state index < -0.39 is 5.97 Å². The Morgan fingerprint density at radius 1 is 0.968 bits per heavy atom. The van der Waals surface area contributed by atoms with Crippen molar-refractivity contribution in [2.45, 2.75) is 32.3 Å². The summed E-state index contributed by atoms with van der Waals surface area (Å²) in [6.45, 7) is 4.99. The summed E-state index contributed by atoms with van der Waals surface area (Å²) in [5.74, 6) is 0.955. The summed E-state index contributed by atoms with van der Waals surface area (Å²) >= 11 is 0. The van der Waals surface area contributed by atoms with Gasteiger partial charge in [-0.3, -0.25) is 4.79 Å². The number of carboxylic acids is 1. The lowest BCUT2D eigenvalue weighted by Crippen LogP contribution is -2.21. The second kappa shape index (κ2) is 7.65. The molecule has 2 heterocycles. The maximum absolute atomic E-state index is 11.1. The molecule has 158 valence electrons. The first-order chi connectivity index (χ1) is 15.0. The van der Waals surface area contributed by atoms with E-state index in [-0.39, 0.29) is 18.4 Å². The van der Waals surface area contributed by atoms with E-state index in [4.69, 9.17) is 19.3 Å². The van der Waals surface area contributed by atoms with Crippen molar-refractivity contribution in [1.29, 1.82) is 0 Å². The van der Waals surface area contributed by atoms with E-state index >= 15 is 0 Å². The topological polar surface area (TPSA) is 65.0 Å². The summed E-state index contributed by atoms with van der Waals surface area (Å²) in [6.07, 6.45) is -0.187. The number of aryl methyl sites for hydroxylation is 2. The highest BCUT2D eigenvalue weighted by atomic mass is 16.6. The number of hydrogen-bond donors (Lipinski definition) is 1. The molecule has 3 aromatic rings. The van der Waals surface area contributed by atoms with Gasteiger partial charge >= 0.3 is 5.97 Å². The van der Waals surface area contributed by atoms with Gasteiger partial charge in [0.25, 0.3) is 0 Å². The van der Waals surface area contributed by atoms with Gasteiger partial charge in [-0.25, -0.2) is 0 Å². The number of benzene rings is 3. The van der Waals surface area contributed by atoms with Gasteiger partial charge in [0.1, 0.15) is 12.4 Å². The van der Waals surface area contributed by atoms with E-state index in [1.807, 2.05) is 18.2 Å². The zero-order chi connectivity index (χ0) is 21.5. The Morgan fingerprint density at radius 2 is 1.81 bits per heavy atom. The van der Waals surface area contributed by atoms with Crippen LogP contribution >= 0.6 is 0 Å². The predicted octanol–water partition coefficient (Wildman–Crippen LogP) is 5.43. The molecule has 2 aliphatic rings. The van der Waals surface area contributed by atoms with E-state index in [1.54, 1.807) is 0 Å². The molecule has 0 aliphatic carbocycles. The molecule has 0 saturated carbocycles. The smallest absolute Gasteiger partial charge is 0.304 e. The van der Waals surface area contributed by atoms with Gasteiger partial charge in [0, 0.05) is 17.5 Å². The Hall–Kier alpha value is -3.47. The first-order valence-corrected chi connectivity index (χ1v) is 10.5. The molecule has 0 fully saturated rings. The van der Waals surface area contributed by atoms with Crippen molar-refractivity contribution in [2.75, 3.05) is 13.2 Å². The molecule has 0 radical (unpaired) electrons. The molecule has 5 nitrogen and oxygen atoms in total. The molecular weight excluding hydrogens is 392 g/mol. The van der Waals surface area contributed by atoms with Crippen LogP contribution in [-0.4, -0.2) is 24.3 Å². The normalized spacial score (nSPS) is 18.9. The van der Waals surface area contributed by atoms with Crippen LogP contribution < -0.4 is 14.2 Å². The van der Waals surface area contributed by atoms with Crippen LogP contribution in [-0.2, 0) is 4.79 Å². The van der Waals surface area contributed by atoms with Crippen LogP contribution in [0.3, 0.4) is 0 Å². The molecule has 0 aromatic heterocycles. The number of carboxylic acid groups (broad SMARTS) is 1. The van der Waals surface area contributed by atoms with Crippen molar-refractivity contribution in [3.8, 4) is 28.4 Å². The fraction of sp³-hybridized carbons (Fsp3) is 0.269. The van der Waals surface area contributed by atoms with Crippen LogP contribution in [0.1, 0.15) is 40.7 Å². The van der Waals surface area contributed by atoms with Gasteiger partial charge in [-0.15, -0.1) is 0 Å². The molecule has 0 bridgehead atoms. The quantitative estimate of drug-likeness (QED) is 0.614. The van der Waals surface area contributed by atoms with E-state index in [1.165, 1.54) is 16.7 Å². The van der Waals surface area contributed by atoms with Crippen LogP contribution in [0.4, 0.5) is 0 Å². The van der Waals surface area contributed by atoms with Crippen LogP contribution in [0.2, 0.25) is 0 Å². The van der Waals surface area contributed by atoms with Crippen LogP contribution in [0.25, 0.3) is 11.1 Å². The van der Waals surface area contributed by atoms with E-state index in [9.17, 15) is 4.79 Å². The number of aliphatic carboxylic acids is 1. The average molecular weight is 416 g/mol. The van der Waals surface area contributed by atoms with Gasteiger partial charge in [0.15, 0.2) is 17.6 Å². The Bertz CT molecular complexity index is 1170. The number of hydrogen-bond acceptors (Lipinski definition) is 4. The lowest BCUT2D eigenvalue weighted by molar-refractivity contribution is -0.137. The Balaban J connectivity index is 1.41. The lowest BCUT2D eigenvalue weighted by Gasteiger charge is -2.27. The fourth-order valence-corrected chi connectivity index (χ4v) is 4.43. The fourth-order valence-electron chi connectivity index (χ4n) is 4.43. The maximum atomic E-state index is 11.1. The first kappa shape index (κ1) is 19.5. The molecule has 0 amide bonds. The van der Waals surface area contributed by atoms with Crippen molar-refractivity contribution in [2.24, 2.45) is 0 Å². The lowest BCUT2D eigenvalue weighted by atomic mass is 9.95. The van der Waals surface area contributed by atoms with Crippen molar-refractivity contribution in [3.63, 3.8) is 0 Å². The third-order valence-corrected chi connectivity index (χ3v) is 5.99. The van der Waals surface area contributed by atoms with Gasteiger partial charge in [-0.1, -0.05) is 42.0 Å². The van der Waals surface area contributed by atoms with E-state index in [2.05, 4.69) is 50.2 Å². The summed E-state index contributed by atoms with van der Waals surface area (Å²) in [4.78, 5) is 11.1. The highest BCUT2D eigenvalue weighted by molar-refractivity contribution is 5.70. The Kier molecular flexibility index (Phi) is 4.81. The van der Waals surface area contributed by atoms with Crippen molar-refractivity contribution < 1.29 is 24.1 Å². The molecule has 2 aliphatic heterocycles. The zero-order valence-electron chi connectivity index (χ0n) is 17.6. The van der Waals surface area contributed by atoms with Gasteiger partial charge in [0.05, 0.1) is 13.0 Å². The van der Waals surface area contributed by atoms with Gasteiger partial charge in [-0.05, 0) is 48.2 Å². The molecule has 0 saturated heterocycles. The maximum Gasteiger partial charge on any atom is 0.304 e. The van der Waals surface area contributed by atoms with E-state index in [0.717, 1.165) is 16.7 Å². The monoisotopic (exact) mass is 416 g/mol. The summed E-state index contributed by atoms with van der Waals surface area (Å²) in [5.41, 5.74) is 6.78. The average Bonchev–Trinajstić information content (AvgIpc) is 3.12. The second-order valence-corrected chi connectivity index (χ2v) is 8.30. The molecule has 2 atom stereocenters. The minimum absolute atomic E-state index is 0.0422. The highest BCUT2D eigenvalue weighted by Gasteiger charge is 2.31. The Labute approximate surface area is 181 Å². The zero-order valence-corrected chi connectivity index (χ0v) is 17.6. The molecule has 5 rings (SSSR count). The molecular formula is C26H24O5. The SMILES string of the molecule is Cc1ccc(-c2cccc(C3COc4cc5c(cc4O3)OC[C@H]5CC(=O)O)c2)c(C)c1. The first-order valence-electron chi connectivity index (χ1n) is 10.5. The molecule has 1 N–H and O–H groups in total. The summed E-state index contributed by atoms with van der Waals surface area (Å²) < 4.78 is 18.0. The van der Waals surface area contributed by atoms with Crippen molar-refractivity contribution in [1.82, 2.24) is 0 Å². The van der Waals surface area contributed by atoms with Crippen molar-refractivity contribution in [3.05, 3.63) is 76.9 Å². The Morgan fingerprint density at radius 3 is 2.61 bits per heavy atom. The van der Waals surface area contributed by atoms with Crippen LogP contribution in [0.5, 0.6) is 17.2 Å². The number of carbonyl (C=O) groups is 1. The predicted molar refractivity (Wildman–Crippen MR) is 117 cm³/mol. The molecule has 1 unspecified atom stereocenters. The molecule has 31 heavy (non-hydrogen) atoms. The van der Waals surface area contributed by atoms with Crippen molar-refractivity contribution >= 4 is 5.97 Å². The summed E-state index contributed by atoms with van der Waals surface area (Å²) in [6, 6.07) is 18.5. The highest BCUT2D eigenvalue weighted by Crippen LogP contribution is 2.46. The number of ether oxygens (including phenoxy) is 3. The standard InChI is InChI=1S/C26H24O5/c1-15-6-7-20(16(2)8-15)17-4-3-5-18(9-17)25-14-30-23-11-21-19(10-26(27)28)13-29-22(21)12-24(23)31-25/h3-9,11-12,19,25H,10,13-14H2,1-2H3,(H,27,28)/t19-,25?/m1/s1. The third kappa shape index (κ3) is 3.72. The molecule has 5 heteroatoms.